The van der Waals surface area contributed by atoms with Crippen molar-refractivity contribution < 1.29 is 9.90 Å². The van der Waals surface area contributed by atoms with Gasteiger partial charge in [0.2, 0.25) is 0 Å². The molecule has 1 aromatic heterocycles. The average Bonchev–Trinajstić information content (AvgIpc) is 2.97. The highest BCUT2D eigenvalue weighted by molar-refractivity contribution is 5.73. The fourth-order valence-electron chi connectivity index (χ4n) is 1.73. The normalized spacial score (nSPS) is 26.9. The highest BCUT2D eigenvalue weighted by Gasteiger charge is 2.47. The van der Waals surface area contributed by atoms with Gasteiger partial charge in [-0.05, 0) is 30.0 Å². The molecular weight excluding hydrogens is 180 g/mol. The number of rotatable bonds is 3. The molecule has 0 aliphatic heterocycles. The Morgan fingerprint density at radius 1 is 1.57 bits per heavy atom. The summed E-state index contributed by atoms with van der Waals surface area (Å²) in [5.41, 5.74) is 6.90. The van der Waals surface area contributed by atoms with Crippen LogP contribution in [0.25, 0.3) is 0 Å². The van der Waals surface area contributed by atoms with Gasteiger partial charge in [0.15, 0.2) is 0 Å². The van der Waals surface area contributed by atoms with Gasteiger partial charge in [0.05, 0.1) is 5.92 Å². The van der Waals surface area contributed by atoms with Crippen LogP contribution in [0.15, 0.2) is 24.5 Å². The monoisotopic (exact) mass is 192 g/mol. The van der Waals surface area contributed by atoms with Crippen LogP contribution in [0.3, 0.4) is 0 Å². The van der Waals surface area contributed by atoms with Crippen molar-refractivity contribution in [3.63, 3.8) is 0 Å². The molecule has 1 saturated carbocycles. The van der Waals surface area contributed by atoms with Crippen LogP contribution >= 0.6 is 0 Å². The summed E-state index contributed by atoms with van der Waals surface area (Å²) in [6, 6.07) is 3.50. The lowest BCUT2D eigenvalue weighted by Crippen LogP contribution is -2.15. The number of nitrogens with zero attached hydrogens (tertiary/aromatic N) is 1. The van der Waals surface area contributed by atoms with Crippen LogP contribution in [-0.2, 0) is 4.79 Å². The summed E-state index contributed by atoms with van der Waals surface area (Å²) in [6.45, 7) is 0. The highest BCUT2D eigenvalue weighted by Crippen LogP contribution is 2.46. The molecule has 0 radical (unpaired) electrons. The number of carbonyl (C=O) groups is 1. The zero-order valence-electron chi connectivity index (χ0n) is 7.63. The standard InChI is InChI=1S/C10H12N2O2/c11-9(6-1-3-12-4-2-6)7-5-8(7)10(13)14/h1-4,7-9H,5,11H2,(H,13,14). The summed E-state index contributed by atoms with van der Waals surface area (Å²) < 4.78 is 0. The lowest BCUT2D eigenvalue weighted by Gasteiger charge is -2.09. The highest BCUT2D eigenvalue weighted by atomic mass is 16.4. The smallest absolute Gasteiger partial charge is 0.306 e. The minimum atomic E-state index is -0.737. The number of carboxylic acid groups (broad SMARTS) is 1. The second-order valence-electron chi connectivity index (χ2n) is 3.65. The van der Waals surface area contributed by atoms with Crippen LogP contribution in [0.4, 0.5) is 0 Å². The molecule has 0 amide bonds. The van der Waals surface area contributed by atoms with Crippen molar-refractivity contribution in [2.24, 2.45) is 17.6 Å². The molecule has 3 atom stereocenters. The Bertz CT molecular complexity index is 339. The van der Waals surface area contributed by atoms with E-state index in [1.165, 1.54) is 0 Å². The van der Waals surface area contributed by atoms with Crippen LogP contribution in [0, 0.1) is 11.8 Å². The molecule has 4 heteroatoms. The third-order valence-electron chi connectivity index (χ3n) is 2.71. The van der Waals surface area contributed by atoms with Crippen molar-refractivity contribution in [1.29, 1.82) is 0 Å². The quantitative estimate of drug-likeness (QED) is 0.742. The van der Waals surface area contributed by atoms with Gasteiger partial charge in [-0.2, -0.15) is 0 Å². The summed E-state index contributed by atoms with van der Waals surface area (Å²) >= 11 is 0. The molecule has 0 spiro atoms. The summed E-state index contributed by atoms with van der Waals surface area (Å²) in [4.78, 5) is 14.5. The number of aliphatic carboxylic acids is 1. The molecule has 1 aliphatic rings. The minimum Gasteiger partial charge on any atom is -0.481 e. The lowest BCUT2D eigenvalue weighted by molar-refractivity contribution is -0.138. The fraction of sp³-hybridized carbons (Fsp3) is 0.400. The molecule has 1 heterocycles. The van der Waals surface area contributed by atoms with Gasteiger partial charge in [0, 0.05) is 18.4 Å². The summed E-state index contributed by atoms with van der Waals surface area (Å²) in [5, 5.41) is 8.75. The zero-order valence-corrected chi connectivity index (χ0v) is 7.63. The fourth-order valence-corrected chi connectivity index (χ4v) is 1.73. The molecule has 0 bridgehead atoms. The second kappa shape index (κ2) is 3.38. The van der Waals surface area contributed by atoms with Gasteiger partial charge < -0.3 is 10.8 Å². The molecule has 3 N–H and O–H groups in total. The summed E-state index contributed by atoms with van der Waals surface area (Å²) in [7, 11) is 0. The van der Waals surface area contributed by atoms with Gasteiger partial charge in [-0.25, -0.2) is 0 Å². The molecule has 0 aromatic carbocycles. The molecule has 1 fully saturated rings. The molecule has 4 nitrogen and oxygen atoms in total. The van der Waals surface area contributed by atoms with Crippen molar-refractivity contribution in [2.45, 2.75) is 12.5 Å². The largest absolute Gasteiger partial charge is 0.481 e. The molecule has 14 heavy (non-hydrogen) atoms. The van der Waals surface area contributed by atoms with E-state index >= 15 is 0 Å². The average molecular weight is 192 g/mol. The van der Waals surface area contributed by atoms with Crippen molar-refractivity contribution in [3.8, 4) is 0 Å². The summed E-state index contributed by atoms with van der Waals surface area (Å²) in [6.07, 6.45) is 4.04. The first kappa shape index (κ1) is 9.15. The van der Waals surface area contributed by atoms with Crippen molar-refractivity contribution in [3.05, 3.63) is 30.1 Å². The third-order valence-corrected chi connectivity index (χ3v) is 2.71. The Hall–Kier alpha value is -1.42. The van der Waals surface area contributed by atoms with Gasteiger partial charge in [0.1, 0.15) is 0 Å². The molecular formula is C10H12N2O2. The number of hydrogen-bond donors (Lipinski definition) is 2. The summed E-state index contributed by atoms with van der Waals surface area (Å²) in [5.74, 6) is -0.896. The van der Waals surface area contributed by atoms with Gasteiger partial charge in [-0.3, -0.25) is 9.78 Å². The van der Waals surface area contributed by atoms with E-state index in [4.69, 9.17) is 10.8 Å². The number of hydrogen-bond acceptors (Lipinski definition) is 3. The van der Waals surface area contributed by atoms with E-state index in [9.17, 15) is 4.79 Å². The number of pyridine rings is 1. The van der Waals surface area contributed by atoms with Gasteiger partial charge in [-0.15, -0.1) is 0 Å². The zero-order chi connectivity index (χ0) is 10.1. The SMILES string of the molecule is NC(c1ccncc1)C1CC1C(=O)O. The molecule has 1 aromatic rings. The van der Waals surface area contributed by atoms with Crippen molar-refractivity contribution in [2.75, 3.05) is 0 Å². The van der Waals surface area contributed by atoms with E-state index in [1.807, 2.05) is 12.1 Å². The van der Waals surface area contributed by atoms with E-state index < -0.39 is 5.97 Å². The molecule has 74 valence electrons. The first-order chi connectivity index (χ1) is 6.70. The second-order valence-corrected chi connectivity index (χ2v) is 3.65. The van der Waals surface area contributed by atoms with E-state index in [-0.39, 0.29) is 17.9 Å². The van der Waals surface area contributed by atoms with Gasteiger partial charge >= 0.3 is 5.97 Å². The third kappa shape index (κ3) is 1.61. The maximum atomic E-state index is 10.6. The first-order valence-corrected chi connectivity index (χ1v) is 4.58. The van der Waals surface area contributed by atoms with Crippen molar-refractivity contribution in [1.82, 2.24) is 4.98 Å². The van der Waals surface area contributed by atoms with E-state index in [0.717, 1.165) is 5.56 Å². The first-order valence-electron chi connectivity index (χ1n) is 4.58. The van der Waals surface area contributed by atoms with Crippen LogP contribution < -0.4 is 5.73 Å². The van der Waals surface area contributed by atoms with Gasteiger partial charge in [-0.1, -0.05) is 0 Å². The maximum Gasteiger partial charge on any atom is 0.306 e. The Labute approximate surface area is 81.8 Å². The molecule has 1 aliphatic carbocycles. The molecule has 3 unspecified atom stereocenters. The number of carboxylic acids is 1. The Morgan fingerprint density at radius 3 is 2.71 bits per heavy atom. The molecule has 0 saturated heterocycles. The predicted molar refractivity (Wildman–Crippen MR) is 50.4 cm³/mol. The van der Waals surface area contributed by atoms with Crippen LogP contribution in [-0.4, -0.2) is 16.1 Å². The van der Waals surface area contributed by atoms with E-state index in [2.05, 4.69) is 4.98 Å². The van der Waals surface area contributed by atoms with E-state index in [1.54, 1.807) is 12.4 Å². The Balaban J connectivity index is 2.05. The topological polar surface area (TPSA) is 76.2 Å². The van der Waals surface area contributed by atoms with E-state index in [0.29, 0.717) is 6.42 Å². The molecule has 2 rings (SSSR count). The van der Waals surface area contributed by atoms with Crippen LogP contribution in [0.5, 0.6) is 0 Å². The van der Waals surface area contributed by atoms with Crippen molar-refractivity contribution >= 4 is 5.97 Å². The Morgan fingerprint density at radius 2 is 2.21 bits per heavy atom. The van der Waals surface area contributed by atoms with Gasteiger partial charge in [0.25, 0.3) is 0 Å². The Kier molecular flexibility index (Phi) is 2.21. The lowest BCUT2D eigenvalue weighted by atomic mass is 10.0. The maximum absolute atomic E-state index is 10.6. The van der Waals surface area contributed by atoms with Crippen LogP contribution in [0.1, 0.15) is 18.0 Å². The number of aromatic nitrogens is 1. The number of nitrogens with two attached hydrogens (primary N) is 1. The van der Waals surface area contributed by atoms with Crippen LogP contribution in [0.2, 0.25) is 0 Å². The minimum absolute atomic E-state index is 0.0925. The predicted octanol–water partition coefficient (Wildman–Crippen LogP) is 0.802.